The maximum Gasteiger partial charge on any atom is 0.409 e. The van der Waals surface area contributed by atoms with Crippen LogP contribution in [0.2, 0.25) is 10.0 Å². The molecule has 1 fully saturated rings. The zero-order valence-electron chi connectivity index (χ0n) is 13.0. The lowest BCUT2D eigenvalue weighted by molar-refractivity contribution is -0.121. The van der Waals surface area contributed by atoms with Crippen LogP contribution in [0.3, 0.4) is 0 Å². The molecule has 2 amide bonds. The second kappa shape index (κ2) is 8.41. The summed E-state index contributed by atoms with van der Waals surface area (Å²) in [5.74, 6) is -0.0574. The van der Waals surface area contributed by atoms with Crippen LogP contribution < -0.4 is 5.32 Å². The van der Waals surface area contributed by atoms with Crippen molar-refractivity contribution in [3.63, 3.8) is 0 Å². The third-order valence-corrected chi connectivity index (χ3v) is 4.47. The predicted octanol–water partition coefficient (Wildman–Crippen LogP) is 3.27. The maximum atomic E-state index is 12.1. The van der Waals surface area contributed by atoms with Crippen LogP contribution in [0.4, 0.5) is 4.79 Å². The van der Waals surface area contributed by atoms with Crippen LogP contribution in [-0.2, 0) is 16.0 Å². The average molecular weight is 359 g/mol. The van der Waals surface area contributed by atoms with Crippen LogP contribution >= 0.6 is 23.2 Å². The molecule has 23 heavy (non-hydrogen) atoms. The highest BCUT2D eigenvalue weighted by Crippen LogP contribution is 2.22. The lowest BCUT2D eigenvalue weighted by Crippen LogP contribution is -2.47. The number of rotatable bonds is 4. The number of amides is 2. The Morgan fingerprint density at radius 1 is 1.26 bits per heavy atom. The maximum absolute atomic E-state index is 12.1. The van der Waals surface area contributed by atoms with Crippen molar-refractivity contribution >= 4 is 35.2 Å². The molecular formula is C16H20Cl2N2O3. The summed E-state index contributed by atoms with van der Waals surface area (Å²) in [4.78, 5) is 25.4. The lowest BCUT2D eigenvalue weighted by Gasteiger charge is -2.31. The summed E-state index contributed by atoms with van der Waals surface area (Å²) >= 11 is 11.8. The van der Waals surface area contributed by atoms with Gasteiger partial charge >= 0.3 is 6.09 Å². The van der Waals surface area contributed by atoms with Crippen molar-refractivity contribution in [2.24, 2.45) is 0 Å². The first-order valence-corrected chi connectivity index (χ1v) is 8.40. The number of carbonyl (C=O) groups is 2. The Kier molecular flexibility index (Phi) is 6.54. The van der Waals surface area contributed by atoms with Gasteiger partial charge in [0.2, 0.25) is 5.91 Å². The molecule has 0 aromatic heterocycles. The van der Waals surface area contributed by atoms with Gasteiger partial charge in [-0.25, -0.2) is 4.79 Å². The van der Waals surface area contributed by atoms with Crippen molar-refractivity contribution in [2.45, 2.75) is 32.2 Å². The molecule has 1 aliphatic heterocycles. The van der Waals surface area contributed by atoms with E-state index in [-0.39, 0.29) is 24.5 Å². The minimum Gasteiger partial charge on any atom is -0.450 e. The molecule has 126 valence electrons. The lowest BCUT2D eigenvalue weighted by atomic mass is 10.0. The van der Waals surface area contributed by atoms with Gasteiger partial charge in [0.1, 0.15) is 0 Å². The van der Waals surface area contributed by atoms with E-state index in [0.29, 0.717) is 29.7 Å². The average Bonchev–Trinajstić information content (AvgIpc) is 2.52. The third kappa shape index (κ3) is 5.29. The van der Waals surface area contributed by atoms with Crippen LogP contribution in [0.5, 0.6) is 0 Å². The monoisotopic (exact) mass is 358 g/mol. The molecule has 0 aliphatic carbocycles. The largest absolute Gasteiger partial charge is 0.450 e. The van der Waals surface area contributed by atoms with E-state index in [4.69, 9.17) is 27.9 Å². The second-order valence-electron chi connectivity index (χ2n) is 5.45. The van der Waals surface area contributed by atoms with E-state index in [1.54, 1.807) is 30.0 Å². The fraction of sp³-hybridized carbons (Fsp3) is 0.500. The summed E-state index contributed by atoms with van der Waals surface area (Å²) in [6.07, 6.45) is 1.43. The van der Waals surface area contributed by atoms with Gasteiger partial charge in [-0.3, -0.25) is 4.79 Å². The molecule has 0 unspecified atom stereocenters. The standard InChI is InChI=1S/C16H20Cl2N2O3/c1-2-23-16(22)20-7-5-12(6-8-20)19-15(21)10-11-3-4-13(17)14(18)9-11/h3-4,9,12H,2,5-8,10H2,1H3,(H,19,21). The van der Waals surface area contributed by atoms with Gasteiger partial charge < -0.3 is 15.0 Å². The van der Waals surface area contributed by atoms with Gasteiger partial charge in [0, 0.05) is 19.1 Å². The second-order valence-corrected chi connectivity index (χ2v) is 6.27. The van der Waals surface area contributed by atoms with Crippen LogP contribution in [0.25, 0.3) is 0 Å². The number of piperidine rings is 1. The van der Waals surface area contributed by atoms with E-state index in [0.717, 1.165) is 18.4 Å². The molecule has 1 saturated heterocycles. The molecule has 0 radical (unpaired) electrons. The molecule has 1 aromatic carbocycles. The van der Waals surface area contributed by atoms with E-state index in [1.165, 1.54) is 0 Å². The molecule has 2 rings (SSSR count). The molecule has 0 saturated carbocycles. The topological polar surface area (TPSA) is 58.6 Å². The summed E-state index contributed by atoms with van der Waals surface area (Å²) in [5, 5.41) is 3.92. The van der Waals surface area contributed by atoms with Crippen LogP contribution in [0.1, 0.15) is 25.3 Å². The van der Waals surface area contributed by atoms with Crippen molar-refractivity contribution in [1.29, 1.82) is 0 Å². The summed E-state index contributed by atoms with van der Waals surface area (Å²) in [6, 6.07) is 5.25. The number of ether oxygens (including phenoxy) is 1. The molecule has 1 aliphatic rings. The first-order chi connectivity index (χ1) is 11.0. The Bertz CT molecular complexity index is 572. The number of likely N-dealkylation sites (tertiary alicyclic amines) is 1. The van der Waals surface area contributed by atoms with Gasteiger partial charge in [-0.05, 0) is 37.5 Å². The molecule has 0 spiro atoms. The van der Waals surface area contributed by atoms with E-state index in [1.807, 2.05) is 0 Å². The fourth-order valence-corrected chi connectivity index (χ4v) is 2.86. The minimum atomic E-state index is -0.284. The minimum absolute atomic E-state index is 0.0574. The summed E-state index contributed by atoms with van der Waals surface area (Å²) < 4.78 is 4.97. The number of halogens is 2. The van der Waals surface area contributed by atoms with Crippen molar-refractivity contribution in [1.82, 2.24) is 10.2 Å². The smallest absolute Gasteiger partial charge is 0.409 e. The zero-order chi connectivity index (χ0) is 16.8. The fourth-order valence-electron chi connectivity index (χ4n) is 2.53. The normalized spacial score (nSPS) is 15.3. The first kappa shape index (κ1) is 17.9. The molecular weight excluding hydrogens is 339 g/mol. The van der Waals surface area contributed by atoms with Crippen molar-refractivity contribution in [3.05, 3.63) is 33.8 Å². The van der Waals surface area contributed by atoms with Gasteiger partial charge in [-0.15, -0.1) is 0 Å². The third-order valence-electron chi connectivity index (χ3n) is 3.73. The van der Waals surface area contributed by atoms with Crippen LogP contribution in [0, 0.1) is 0 Å². The highest BCUT2D eigenvalue weighted by molar-refractivity contribution is 6.42. The quantitative estimate of drug-likeness (QED) is 0.898. The van der Waals surface area contributed by atoms with Gasteiger partial charge in [0.25, 0.3) is 0 Å². The van der Waals surface area contributed by atoms with E-state index >= 15 is 0 Å². The van der Waals surface area contributed by atoms with Gasteiger partial charge in [-0.2, -0.15) is 0 Å². The first-order valence-electron chi connectivity index (χ1n) is 7.64. The van der Waals surface area contributed by atoms with Gasteiger partial charge in [-0.1, -0.05) is 29.3 Å². The molecule has 1 heterocycles. The summed E-state index contributed by atoms with van der Waals surface area (Å²) in [5.41, 5.74) is 0.820. The Morgan fingerprint density at radius 3 is 2.57 bits per heavy atom. The van der Waals surface area contributed by atoms with Crippen molar-refractivity contribution in [3.8, 4) is 0 Å². The highest BCUT2D eigenvalue weighted by Gasteiger charge is 2.24. The summed E-state index contributed by atoms with van der Waals surface area (Å²) in [6.45, 7) is 3.35. The molecule has 1 aromatic rings. The van der Waals surface area contributed by atoms with E-state index in [2.05, 4.69) is 5.32 Å². The highest BCUT2D eigenvalue weighted by atomic mass is 35.5. The number of nitrogens with zero attached hydrogens (tertiary/aromatic N) is 1. The number of carbonyl (C=O) groups excluding carboxylic acids is 2. The molecule has 5 nitrogen and oxygen atoms in total. The molecule has 0 atom stereocenters. The summed E-state index contributed by atoms with van der Waals surface area (Å²) in [7, 11) is 0. The van der Waals surface area contributed by atoms with Crippen LogP contribution in [0.15, 0.2) is 18.2 Å². The van der Waals surface area contributed by atoms with Gasteiger partial charge in [0.15, 0.2) is 0 Å². The molecule has 1 N–H and O–H groups in total. The number of hydrogen-bond donors (Lipinski definition) is 1. The zero-order valence-corrected chi connectivity index (χ0v) is 14.5. The Hall–Kier alpha value is -1.46. The predicted molar refractivity (Wildman–Crippen MR) is 89.9 cm³/mol. The Morgan fingerprint density at radius 2 is 1.96 bits per heavy atom. The molecule has 7 heteroatoms. The van der Waals surface area contributed by atoms with Crippen molar-refractivity contribution in [2.75, 3.05) is 19.7 Å². The Labute approximate surface area is 145 Å². The van der Waals surface area contributed by atoms with E-state index in [9.17, 15) is 9.59 Å². The number of benzene rings is 1. The molecule has 0 bridgehead atoms. The number of hydrogen-bond acceptors (Lipinski definition) is 3. The van der Waals surface area contributed by atoms with Crippen LogP contribution in [-0.4, -0.2) is 42.6 Å². The number of nitrogens with one attached hydrogen (secondary N) is 1. The SMILES string of the molecule is CCOC(=O)N1CCC(NC(=O)Cc2ccc(Cl)c(Cl)c2)CC1. The van der Waals surface area contributed by atoms with Crippen molar-refractivity contribution < 1.29 is 14.3 Å². The van der Waals surface area contributed by atoms with Gasteiger partial charge in [0.05, 0.1) is 23.1 Å². The Balaban J connectivity index is 1.78. The van der Waals surface area contributed by atoms with E-state index < -0.39 is 0 Å².